The lowest BCUT2D eigenvalue weighted by molar-refractivity contribution is 0.0111. The number of hydrogen-bond acceptors (Lipinski definition) is 2. The van der Waals surface area contributed by atoms with E-state index in [4.69, 9.17) is 4.74 Å². The molecule has 1 aliphatic heterocycles. The number of alkyl halides is 2. The monoisotopic (exact) mass is 286 g/mol. The summed E-state index contributed by atoms with van der Waals surface area (Å²) in [5.41, 5.74) is -0.872. The van der Waals surface area contributed by atoms with E-state index in [-0.39, 0.29) is 0 Å². The minimum Gasteiger partial charge on any atom is -0.448 e. The third-order valence-electron chi connectivity index (χ3n) is 3.69. The number of amides is 1. The number of carbonyl (C=O) groups is 1. The highest BCUT2D eigenvalue weighted by Gasteiger charge is 2.88. The third-order valence-corrected chi connectivity index (χ3v) is 3.69. The Morgan fingerprint density at radius 1 is 1.32 bits per heavy atom. The van der Waals surface area contributed by atoms with Crippen LogP contribution in [0.4, 0.5) is 26.5 Å². The molecule has 19 heavy (non-hydrogen) atoms. The zero-order valence-electron chi connectivity index (χ0n) is 10.7. The van der Waals surface area contributed by atoms with E-state index in [1.807, 2.05) is 0 Å². The van der Waals surface area contributed by atoms with Crippen LogP contribution < -0.4 is 0 Å². The molecule has 1 heterocycles. The van der Waals surface area contributed by atoms with Gasteiger partial charge >= 0.3 is 13.1 Å². The number of halogens is 5. The van der Waals surface area contributed by atoms with Crippen molar-refractivity contribution in [2.24, 2.45) is 5.92 Å². The van der Waals surface area contributed by atoms with Crippen molar-refractivity contribution in [3.63, 3.8) is 0 Å². The molecule has 3 nitrogen and oxygen atoms in total. The summed E-state index contributed by atoms with van der Waals surface area (Å²) >= 11 is 0. The summed E-state index contributed by atoms with van der Waals surface area (Å²) in [7, 11) is 0. The number of nitrogens with zero attached hydrogens (tertiary/aromatic N) is 1. The molecular weight excluding hydrogens is 272 g/mol. The number of fused-ring (bicyclic) bond motifs is 1. The van der Waals surface area contributed by atoms with Crippen LogP contribution in [0.1, 0.15) is 20.8 Å². The topological polar surface area (TPSA) is 29.5 Å². The molecule has 0 aromatic rings. The van der Waals surface area contributed by atoms with Gasteiger partial charge in [-0.3, -0.25) is 0 Å². The summed E-state index contributed by atoms with van der Waals surface area (Å²) in [6.45, 7) is -2.67. The molecule has 2 fully saturated rings. The Hall–Kier alpha value is -1.02. The molecule has 0 N–H and O–H groups in total. The van der Waals surface area contributed by atoms with Crippen LogP contribution in [-0.4, -0.2) is 42.6 Å². The number of rotatable bonds is 1. The van der Waals surface area contributed by atoms with E-state index in [9.17, 15) is 26.5 Å². The maximum Gasteiger partial charge on any atom is 0.492 e. The van der Waals surface area contributed by atoms with Gasteiger partial charge in [0.05, 0.1) is 0 Å². The Morgan fingerprint density at radius 3 is 2.21 bits per heavy atom. The van der Waals surface area contributed by atoms with Gasteiger partial charge in [0.25, 0.3) is 0 Å². The molecule has 0 aromatic carbocycles. The van der Waals surface area contributed by atoms with E-state index < -0.39 is 48.9 Å². The van der Waals surface area contributed by atoms with Crippen LogP contribution in [0.25, 0.3) is 0 Å². The van der Waals surface area contributed by atoms with Crippen LogP contribution in [0.3, 0.4) is 0 Å². The summed E-state index contributed by atoms with van der Waals surface area (Å²) in [5.74, 6) is -5.59. The van der Waals surface area contributed by atoms with E-state index in [2.05, 4.69) is 0 Å². The molecule has 0 bridgehead atoms. The van der Waals surface area contributed by atoms with Gasteiger partial charge in [-0.15, -0.1) is 0 Å². The minimum atomic E-state index is -5.72. The fraction of sp³-hybridized carbons (Fsp3) is 0.900. The lowest BCUT2D eigenvalue weighted by Gasteiger charge is -2.30. The molecule has 0 aromatic heterocycles. The average molecular weight is 286 g/mol. The van der Waals surface area contributed by atoms with E-state index in [0.717, 1.165) is 4.90 Å². The molecule has 9 heteroatoms. The van der Waals surface area contributed by atoms with Crippen molar-refractivity contribution >= 4 is 13.1 Å². The van der Waals surface area contributed by atoms with Crippen LogP contribution in [0.2, 0.25) is 5.31 Å². The summed E-state index contributed by atoms with van der Waals surface area (Å²) < 4.78 is 70.0. The van der Waals surface area contributed by atoms with Crippen molar-refractivity contribution in [2.75, 3.05) is 13.1 Å². The number of hydrogen-bond donors (Lipinski definition) is 0. The predicted octanol–water partition coefficient (Wildman–Crippen LogP) is 3.09. The van der Waals surface area contributed by atoms with E-state index in [1.165, 1.54) is 0 Å². The molecule has 1 aliphatic carbocycles. The fourth-order valence-electron chi connectivity index (χ4n) is 2.66. The molecule has 110 valence electrons. The Labute approximate surface area is 107 Å². The normalized spacial score (nSPS) is 33.1. The molecule has 2 rings (SSSR count). The van der Waals surface area contributed by atoms with Gasteiger partial charge in [-0.1, -0.05) is 0 Å². The third kappa shape index (κ3) is 1.88. The van der Waals surface area contributed by atoms with Crippen LogP contribution >= 0.6 is 0 Å². The molecule has 1 saturated heterocycles. The summed E-state index contributed by atoms with van der Waals surface area (Å²) in [5, 5.41) is -3.02. The average Bonchev–Trinajstić information content (AvgIpc) is 2.56. The van der Waals surface area contributed by atoms with Gasteiger partial charge in [-0.2, -0.15) is 0 Å². The highest BCUT2D eigenvalue weighted by atomic mass is 19.4. The zero-order valence-corrected chi connectivity index (χ0v) is 10.7. The molecule has 0 unspecified atom stereocenters. The molecule has 0 radical (unpaired) electrons. The first kappa shape index (κ1) is 14.4. The molecular formula is C10H14BF5NO2-. The van der Waals surface area contributed by atoms with Crippen molar-refractivity contribution in [1.29, 1.82) is 0 Å². The van der Waals surface area contributed by atoms with Gasteiger partial charge in [0.2, 0.25) is 5.92 Å². The lowest BCUT2D eigenvalue weighted by atomic mass is 9.67. The Kier molecular flexibility index (Phi) is 2.69. The highest BCUT2D eigenvalue weighted by Crippen LogP contribution is 2.80. The van der Waals surface area contributed by atoms with Gasteiger partial charge < -0.3 is 22.6 Å². The van der Waals surface area contributed by atoms with Crippen molar-refractivity contribution in [2.45, 2.75) is 37.6 Å². The van der Waals surface area contributed by atoms with Crippen LogP contribution in [-0.2, 0) is 4.74 Å². The van der Waals surface area contributed by atoms with Crippen molar-refractivity contribution in [3.8, 4) is 0 Å². The largest absolute Gasteiger partial charge is 0.492 e. The van der Waals surface area contributed by atoms with Crippen molar-refractivity contribution < 1.29 is 31.3 Å². The van der Waals surface area contributed by atoms with Gasteiger partial charge in [0, 0.05) is 24.3 Å². The number of piperidine rings is 1. The molecule has 1 amide bonds. The maximum atomic E-state index is 13.3. The van der Waals surface area contributed by atoms with E-state index >= 15 is 0 Å². The molecule has 1 saturated carbocycles. The summed E-state index contributed by atoms with van der Waals surface area (Å²) in [6.07, 6.45) is -0.977. The van der Waals surface area contributed by atoms with Gasteiger partial charge in [-0.05, 0) is 20.8 Å². The Bertz CT molecular complexity index is 407. The molecule has 2 atom stereocenters. The predicted molar refractivity (Wildman–Crippen MR) is 58.0 cm³/mol. The first-order valence-corrected chi connectivity index (χ1v) is 5.88. The van der Waals surface area contributed by atoms with Gasteiger partial charge in [-0.25, -0.2) is 13.6 Å². The first-order valence-electron chi connectivity index (χ1n) is 5.88. The second-order valence-corrected chi connectivity index (χ2v) is 6.15. The van der Waals surface area contributed by atoms with Crippen molar-refractivity contribution in [1.82, 2.24) is 4.90 Å². The SMILES string of the molecule is CC(C)(C)OC(=O)N1C[C@@H]2C(F)(F)[C@]2([B-](F)(F)F)C1. The van der Waals surface area contributed by atoms with Crippen LogP contribution in [0, 0.1) is 5.92 Å². The quantitative estimate of drug-likeness (QED) is 0.547. The van der Waals surface area contributed by atoms with E-state index in [1.54, 1.807) is 20.8 Å². The number of ether oxygens (including phenoxy) is 1. The standard InChI is InChI=1S/C10H14BF5NO2/c1-8(2,3)19-7(18)17-4-6-9(5-17,10(6,12)13)11(14,15)16/h6H,4-5H2,1-3H3/q-1/t6-,9-/m0/s1. The molecule has 2 aliphatic rings. The molecule has 0 spiro atoms. The smallest absolute Gasteiger partial charge is 0.448 e. The second-order valence-electron chi connectivity index (χ2n) is 6.15. The van der Waals surface area contributed by atoms with Crippen molar-refractivity contribution in [3.05, 3.63) is 0 Å². The summed E-state index contributed by atoms with van der Waals surface area (Å²) in [6, 6.07) is 0. The van der Waals surface area contributed by atoms with Gasteiger partial charge in [0.1, 0.15) is 5.60 Å². The highest BCUT2D eigenvalue weighted by molar-refractivity contribution is 6.64. The minimum absolute atomic E-state index is 0.608. The van der Waals surface area contributed by atoms with Gasteiger partial charge in [0.15, 0.2) is 0 Å². The fourth-order valence-corrected chi connectivity index (χ4v) is 2.66. The Balaban J connectivity index is 2.12. The summed E-state index contributed by atoms with van der Waals surface area (Å²) in [4.78, 5) is 12.3. The second kappa shape index (κ2) is 3.55. The van der Waals surface area contributed by atoms with E-state index in [0.29, 0.717) is 0 Å². The number of carbonyl (C=O) groups excluding carboxylic acids is 1. The van der Waals surface area contributed by atoms with Crippen LogP contribution in [0.5, 0.6) is 0 Å². The number of likely N-dealkylation sites (tertiary alicyclic amines) is 1. The maximum absolute atomic E-state index is 13.3. The zero-order chi connectivity index (χ0) is 14.9. The first-order chi connectivity index (χ1) is 8.33. The Morgan fingerprint density at radius 2 is 1.84 bits per heavy atom. The lowest BCUT2D eigenvalue weighted by Crippen LogP contribution is -2.42. The van der Waals surface area contributed by atoms with Crippen LogP contribution in [0.15, 0.2) is 0 Å².